The molecule has 1 aromatic heterocycles. The highest BCUT2D eigenvalue weighted by molar-refractivity contribution is 7.10. The molecule has 0 aliphatic heterocycles. The van der Waals surface area contributed by atoms with Gasteiger partial charge in [0, 0.05) is 6.54 Å². The fourth-order valence-corrected chi connectivity index (χ4v) is 2.24. The highest BCUT2D eigenvalue weighted by Gasteiger charge is 2.08. The van der Waals surface area contributed by atoms with Crippen molar-refractivity contribution in [3.8, 4) is 5.75 Å². The van der Waals surface area contributed by atoms with E-state index < -0.39 is 0 Å². The molecule has 3 nitrogen and oxygen atoms in total. The summed E-state index contributed by atoms with van der Waals surface area (Å²) in [4.78, 5) is 12.3. The van der Waals surface area contributed by atoms with E-state index in [1.807, 2.05) is 30.3 Å². The second-order valence-electron chi connectivity index (χ2n) is 3.67. The SMILES string of the molecule is O=C(Cc1sccc1O)NCc1ccccc1. The highest BCUT2D eigenvalue weighted by atomic mass is 32.1. The van der Waals surface area contributed by atoms with E-state index in [0.717, 1.165) is 5.56 Å². The Morgan fingerprint density at radius 2 is 2.00 bits per heavy atom. The van der Waals surface area contributed by atoms with Crippen LogP contribution >= 0.6 is 11.3 Å². The lowest BCUT2D eigenvalue weighted by atomic mass is 10.2. The van der Waals surface area contributed by atoms with Crippen molar-refractivity contribution in [3.05, 3.63) is 52.2 Å². The fraction of sp³-hybridized carbons (Fsp3) is 0.154. The molecular weight excluding hydrogens is 234 g/mol. The number of benzene rings is 1. The van der Waals surface area contributed by atoms with Gasteiger partial charge in [-0.3, -0.25) is 4.79 Å². The molecule has 4 heteroatoms. The highest BCUT2D eigenvalue weighted by Crippen LogP contribution is 2.23. The lowest BCUT2D eigenvalue weighted by Gasteiger charge is -2.04. The van der Waals surface area contributed by atoms with Gasteiger partial charge in [0.2, 0.25) is 5.91 Å². The molecule has 2 aromatic rings. The third-order valence-electron chi connectivity index (χ3n) is 2.38. The quantitative estimate of drug-likeness (QED) is 0.871. The molecule has 0 radical (unpaired) electrons. The lowest BCUT2D eigenvalue weighted by molar-refractivity contribution is -0.120. The van der Waals surface area contributed by atoms with E-state index >= 15 is 0 Å². The van der Waals surface area contributed by atoms with E-state index in [1.165, 1.54) is 11.3 Å². The average Bonchev–Trinajstić information content (AvgIpc) is 2.74. The van der Waals surface area contributed by atoms with Gasteiger partial charge in [0.05, 0.1) is 11.3 Å². The monoisotopic (exact) mass is 247 g/mol. The summed E-state index contributed by atoms with van der Waals surface area (Å²) in [6.45, 7) is 0.520. The summed E-state index contributed by atoms with van der Waals surface area (Å²) in [7, 11) is 0. The Hall–Kier alpha value is -1.81. The first-order valence-corrected chi connectivity index (χ1v) is 6.19. The Bertz CT molecular complexity index is 493. The van der Waals surface area contributed by atoms with Crippen LogP contribution in [0.4, 0.5) is 0 Å². The number of hydrogen-bond donors (Lipinski definition) is 2. The van der Waals surface area contributed by atoms with Crippen LogP contribution < -0.4 is 5.32 Å². The molecule has 0 fully saturated rings. The van der Waals surface area contributed by atoms with Crippen molar-refractivity contribution in [2.45, 2.75) is 13.0 Å². The van der Waals surface area contributed by atoms with Gasteiger partial charge in [0.25, 0.3) is 0 Å². The number of thiophene rings is 1. The van der Waals surface area contributed by atoms with Crippen molar-refractivity contribution < 1.29 is 9.90 Å². The lowest BCUT2D eigenvalue weighted by Crippen LogP contribution is -2.24. The van der Waals surface area contributed by atoms with Crippen LogP contribution in [0, 0.1) is 0 Å². The molecule has 0 spiro atoms. The molecule has 0 saturated heterocycles. The van der Waals surface area contributed by atoms with Gasteiger partial charge in [-0.15, -0.1) is 11.3 Å². The third-order valence-corrected chi connectivity index (χ3v) is 3.29. The van der Waals surface area contributed by atoms with Crippen LogP contribution in [-0.4, -0.2) is 11.0 Å². The van der Waals surface area contributed by atoms with Gasteiger partial charge >= 0.3 is 0 Å². The Balaban J connectivity index is 1.85. The topological polar surface area (TPSA) is 49.3 Å². The van der Waals surface area contributed by atoms with Gasteiger partial charge in [-0.1, -0.05) is 30.3 Å². The van der Waals surface area contributed by atoms with E-state index in [1.54, 1.807) is 11.4 Å². The Labute approximate surface area is 104 Å². The smallest absolute Gasteiger partial charge is 0.225 e. The zero-order valence-corrected chi connectivity index (χ0v) is 10.0. The maximum atomic E-state index is 11.6. The van der Waals surface area contributed by atoms with Crippen LogP contribution in [0.2, 0.25) is 0 Å². The number of rotatable bonds is 4. The summed E-state index contributed by atoms with van der Waals surface area (Å²) in [5.41, 5.74) is 1.07. The number of hydrogen-bond acceptors (Lipinski definition) is 3. The van der Waals surface area contributed by atoms with Gasteiger partial charge in [-0.2, -0.15) is 0 Å². The van der Waals surface area contributed by atoms with Crippen molar-refractivity contribution in [2.75, 3.05) is 0 Å². The van der Waals surface area contributed by atoms with Gasteiger partial charge in [0.1, 0.15) is 5.75 Å². The minimum atomic E-state index is -0.0772. The molecule has 0 atom stereocenters. The number of nitrogens with one attached hydrogen (secondary N) is 1. The molecular formula is C13H13NO2S. The van der Waals surface area contributed by atoms with Crippen molar-refractivity contribution in [1.29, 1.82) is 0 Å². The van der Waals surface area contributed by atoms with Crippen LogP contribution in [-0.2, 0) is 17.8 Å². The normalized spacial score (nSPS) is 10.1. The second kappa shape index (κ2) is 5.50. The molecule has 0 aliphatic carbocycles. The predicted molar refractivity (Wildman–Crippen MR) is 68.0 cm³/mol. The summed E-state index contributed by atoms with van der Waals surface area (Å²) in [5.74, 6) is 0.122. The molecule has 2 N–H and O–H groups in total. The summed E-state index contributed by atoms with van der Waals surface area (Å²) < 4.78 is 0. The van der Waals surface area contributed by atoms with Crippen LogP contribution in [0.1, 0.15) is 10.4 Å². The Morgan fingerprint density at radius 1 is 1.24 bits per heavy atom. The number of amides is 1. The maximum Gasteiger partial charge on any atom is 0.225 e. The summed E-state index contributed by atoms with van der Waals surface area (Å²) in [5, 5.41) is 14.0. The molecule has 0 aliphatic rings. The molecule has 0 saturated carbocycles. The van der Waals surface area contributed by atoms with Crippen molar-refractivity contribution in [3.63, 3.8) is 0 Å². The van der Waals surface area contributed by atoms with Crippen molar-refractivity contribution in [1.82, 2.24) is 5.32 Å². The van der Waals surface area contributed by atoms with Gasteiger partial charge in [-0.05, 0) is 17.0 Å². The van der Waals surface area contributed by atoms with Gasteiger partial charge < -0.3 is 10.4 Å². The van der Waals surface area contributed by atoms with E-state index in [9.17, 15) is 9.90 Å². The minimum Gasteiger partial charge on any atom is -0.507 e. The number of carbonyl (C=O) groups is 1. The van der Waals surface area contributed by atoms with E-state index in [0.29, 0.717) is 11.4 Å². The Kier molecular flexibility index (Phi) is 3.77. The van der Waals surface area contributed by atoms with Crippen LogP contribution in [0.5, 0.6) is 5.75 Å². The average molecular weight is 247 g/mol. The van der Waals surface area contributed by atoms with E-state index in [2.05, 4.69) is 5.32 Å². The third kappa shape index (κ3) is 3.32. The first-order chi connectivity index (χ1) is 8.25. The molecule has 1 aromatic carbocycles. The second-order valence-corrected chi connectivity index (χ2v) is 4.67. The molecule has 17 heavy (non-hydrogen) atoms. The standard InChI is InChI=1S/C13H13NO2S/c15-11-6-7-17-12(11)8-13(16)14-9-10-4-2-1-3-5-10/h1-7,15H,8-9H2,(H,14,16). The largest absolute Gasteiger partial charge is 0.507 e. The molecule has 2 rings (SSSR count). The Morgan fingerprint density at radius 3 is 2.65 bits per heavy atom. The summed E-state index contributed by atoms with van der Waals surface area (Å²) in [6.07, 6.45) is 0.232. The van der Waals surface area contributed by atoms with E-state index in [4.69, 9.17) is 0 Å². The van der Waals surface area contributed by atoms with Crippen LogP contribution in [0.15, 0.2) is 41.8 Å². The fourth-order valence-electron chi connectivity index (χ4n) is 1.47. The first-order valence-electron chi connectivity index (χ1n) is 5.31. The summed E-state index contributed by atoms with van der Waals surface area (Å²) >= 11 is 1.39. The van der Waals surface area contributed by atoms with Crippen molar-refractivity contribution in [2.24, 2.45) is 0 Å². The van der Waals surface area contributed by atoms with Crippen LogP contribution in [0.3, 0.4) is 0 Å². The zero-order chi connectivity index (χ0) is 12.1. The molecule has 88 valence electrons. The molecule has 0 unspecified atom stereocenters. The van der Waals surface area contributed by atoms with E-state index in [-0.39, 0.29) is 18.1 Å². The first kappa shape index (κ1) is 11.7. The molecule has 1 heterocycles. The maximum absolute atomic E-state index is 11.6. The van der Waals surface area contributed by atoms with Crippen molar-refractivity contribution >= 4 is 17.2 Å². The molecule has 0 bridgehead atoms. The minimum absolute atomic E-state index is 0.0772. The summed E-state index contributed by atoms with van der Waals surface area (Å²) in [6, 6.07) is 11.3. The zero-order valence-electron chi connectivity index (χ0n) is 9.22. The number of carbonyl (C=O) groups excluding carboxylic acids is 1. The van der Waals surface area contributed by atoms with Gasteiger partial charge in [-0.25, -0.2) is 0 Å². The van der Waals surface area contributed by atoms with Gasteiger partial charge in [0.15, 0.2) is 0 Å². The number of aromatic hydroxyl groups is 1. The predicted octanol–water partition coefficient (Wildman–Crippen LogP) is 2.31. The molecule has 1 amide bonds. The van der Waals surface area contributed by atoms with Crippen LogP contribution in [0.25, 0.3) is 0 Å².